The molecule has 0 radical (unpaired) electrons. The minimum Gasteiger partial charge on any atom is -0.339 e. The number of quaternary nitrogens is 1. The van der Waals surface area contributed by atoms with E-state index in [9.17, 15) is 9.59 Å². The number of anilines is 1. The van der Waals surface area contributed by atoms with Gasteiger partial charge in [-0.1, -0.05) is 0 Å². The van der Waals surface area contributed by atoms with Gasteiger partial charge in [0, 0.05) is 31.1 Å². The molecule has 1 unspecified atom stereocenters. The number of nitrogens with one attached hydrogen (secondary N) is 1. The quantitative estimate of drug-likeness (QED) is 0.453. The Kier molecular flexibility index (Phi) is 5.57. The van der Waals surface area contributed by atoms with Gasteiger partial charge < -0.3 is 10.2 Å². The van der Waals surface area contributed by atoms with Crippen molar-refractivity contribution in [1.82, 2.24) is 9.88 Å². The number of halogens is 1. The minimum atomic E-state index is -0.675. The molecule has 4 aliphatic heterocycles. The summed E-state index contributed by atoms with van der Waals surface area (Å²) in [5, 5.41) is 2.72. The fourth-order valence-corrected chi connectivity index (χ4v) is 6.20. The predicted octanol–water partition coefficient (Wildman–Crippen LogP) is 3.97. The lowest BCUT2D eigenvalue weighted by Crippen LogP contribution is -2.53. The van der Waals surface area contributed by atoms with Crippen LogP contribution in [0.15, 0.2) is 70.3 Å². The first-order chi connectivity index (χ1) is 18.9. The van der Waals surface area contributed by atoms with Crippen molar-refractivity contribution in [1.29, 1.82) is 0 Å². The summed E-state index contributed by atoms with van der Waals surface area (Å²) in [6, 6.07) is 8.52. The Balaban J connectivity index is 1.16. The highest BCUT2D eigenvalue weighted by Crippen LogP contribution is 2.41. The fraction of sp³-hybridized carbons (Fsp3) is 0.345. The van der Waals surface area contributed by atoms with Crippen LogP contribution < -0.4 is 11.2 Å². The molecule has 3 fully saturated rings. The molecule has 1 aromatic heterocycles. The molecule has 1 aromatic carbocycles. The number of nitrogens with zero attached hydrogens (tertiary/aromatic N) is 5. The van der Waals surface area contributed by atoms with Crippen molar-refractivity contribution < 1.29 is 18.6 Å². The number of carbonyl (C=O) groups is 2. The van der Waals surface area contributed by atoms with Crippen molar-refractivity contribution in [3.05, 3.63) is 82.8 Å². The van der Waals surface area contributed by atoms with Crippen LogP contribution >= 0.6 is 0 Å². The molecule has 5 aliphatic rings. The molecule has 3 atom stereocenters. The van der Waals surface area contributed by atoms with Crippen LogP contribution in [-0.4, -0.2) is 50.9 Å². The zero-order chi connectivity index (χ0) is 26.7. The number of carbonyl (C=O) groups excluding carboxylic acids is 2. The van der Waals surface area contributed by atoms with Crippen LogP contribution in [0.1, 0.15) is 65.9 Å². The number of hydrogen-bond acceptors (Lipinski definition) is 6. The molecule has 0 bridgehead atoms. The fourth-order valence-electron chi connectivity index (χ4n) is 6.20. The number of allylic oxidation sites excluding steroid dienone is 1. The molecule has 5 heterocycles. The molecule has 7 rings (SSSR count). The Bertz CT molecular complexity index is 1530. The Morgan fingerprint density at radius 3 is 2.77 bits per heavy atom. The Morgan fingerprint density at radius 2 is 1.95 bits per heavy atom. The van der Waals surface area contributed by atoms with Crippen molar-refractivity contribution in [2.24, 2.45) is 21.7 Å². The number of amides is 2. The number of fused-ring (bicyclic) bond motifs is 2. The van der Waals surface area contributed by atoms with Crippen molar-refractivity contribution in [3.63, 3.8) is 0 Å². The Hall–Kier alpha value is -4.02. The first kappa shape index (κ1) is 24.1. The van der Waals surface area contributed by atoms with Crippen molar-refractivity contribution in [2.45, 2.75) is 50.5 Å². The third kappa shape index (κ3) is 4.11. The number of hydrogen-bond donors (Lipinski definition) is 2. The maximum absolute atomic E-state index is 15.4. The summed E-state index contributed by atoms with van der Waals surface area (Å²) in [5.41, 5.74) is 3.01. The molecule has 2 saturated heterocycles. The van der Waals surface area contributed by atoms with Gasteiger partial charge in [0.15, 0.2) is 0 Å². The molecular formula is C29H29FN7O2+. The van der Waals surface area contributed by atoms with Gasteiger partial charge in [0.05, 0.1) is 23.5 Å². The smallest absolute Gasteiger partial charge is 0.265 e. The second kappa shape index (κ2) is 9.03. The summed E-state index contributed by atoms with van der Waals surface area (Å²) >= 11 is 0. The number of amidine groups is 1. The van der Waals surface area contributed by atoms with Crippen molar-refractivity contribution >= 4 is 29.7 Å². The van der Waals surface area contributed by atoms with Crippen LogP contribution in [0.2, 0.25) is 0 Å². The lowest BCUT2D eigenvalue weighted by Gasteiger charge is -2.35. The van der Waals surface area contributed by atoms with Crippen LogP contribution in [0, 0.1) is 11.7 Å². The average Bonchev–Trinajstić information content (AvgIpc) is 3.66. The second-order valence-electron chi connectivity index (χ2n) is 11.0. The van der Waals surface area contributed by atoms with E-state index in [2.05, 4.69) is 15.3 Å². The molecule has 198 valence electrons. The van der Waals surface area contributed by atoms with Gasteiger partial charge in [-0.3, -0.25) is 14.6 Å². The summed E-state index contributed by atoms with van der Waals surface area (Å²) in [7, 11) is 0. The first-order valence-corrected chi connectivity index (χ1v) is 13.5. The molecule has 39 heavy (non-hydrogen) atoms. The zero-order valence-corrected chi connectivity index (χ0v) is 21.4. The molecule has 2 amide bonds. The van der Waals surface area contributed by atoms with E-state index in [-0.39, 0.29) is 22.0 Å². The lowest BCUT2D eigenvalue weighted by atomic mass is 9.90. The summed E-state index contributed by atoms with van der Waals surface area (Å²) in [4.78, 5) is 40.7. The summed E-state index contributed by atoms with van der Waals surface area (Å²) in [5.74, 6) is 7.17. The van der Waals surface area contributed by atoms with E-state index in [1.54, 1.807) is 30.9 Å². The number of rotatable bonds is 5. The number of pyridine rings is 1. The van der Waals surface area contributed by atoms with E-state index in [0.717, 1.165) is 43.4 Å². The third-order valence-corrected chi connectivity index (χ3v) is 8.47. The maximum Gasteiger partial charge on any atom is 0.265 e. The van der Waals surface area contributed by atoms with Gasteiger partial charge >= 0.3 is 0 Å². The molecule has 2 aromatic rings. The topological polar surface area (TPSA) is 113 Å². The number of piperidine rings is 1. The lowest BCUT2D eigenvalue weighted by molar-refractivity contribution is -0.750. The van der Waals surface area contributed by atoms with Gasteiger partial charge in [-0.15, -0.1) is 4.59 Å². The highest BCUT2D eigenvalue weighted by atomic mass is 19.1. The Labute approximate surface area is 225 Å². The van der Waals surface area contributed by atoms with Crippen LogP contribution in [0.25, 0.3) is 0 Å². The standard InChI is InChI=1S/C29H28FN7O2/c30-23-13-19(4-7-22(23)29(39)34-25-14-18(9-10-33-25)17-1-2-17)28-35-27(24-15-32-11-12-37(24,28)31)20-3-5-21-6-8-26(38)36(21)16-20/h4,7,9-15,17,20-21H,1-3,5-6,8,16,31H2/p+1/t20-,21+,37?/m1/s1. The van der Waals surface area contributed by atoms with Gasteiger partial charge in [-0.25, -0.2) is 9.37 Å². The van der Waals surface area contributed by atoms with Crippen LogP contribution in [-0.2, 0) is 4.79 Å². The highest BCUT2D eigenvalue weighted by molar-refractivity contribution is 6.05. The summed E-state index contributed by atoms with van der Waals surface area (Å²) in [6.45, 7) is 0.597. The number of aliphatic imine (C=N–C) groups is 2. The number of benzene rings is 1. The van der Waals surface area contributed by atoms with Gasteiger partial charge in [0.1, 0.15) is 23.5 Å². The van der Waals surface area contributed by atoms with Crippen LogP contribution in [0.5, 0.6) is 0 Å². The van der Waals surface area contributed by atoms with Gasteiger partial charge in [0.2, 0.25) is 11.6 Å². The van der Waals surface area contributed by atoms with Crippen molar-refractivity contribution in [3.8, 4) is 0 Å². The Morgan fingerprint density at radius 1 is 1.10 bits per heavy atom. The number of nitrogens with two attached hydrogens (primary N) is 1. The third-order valence-electron chi connectivity index (χ3n) is 8.47. The van der Waals surface area contributed by atoms with E-state index < -0.39 is 11.7 Å². The van der Waals surface area contributed by atoms with Crippen LogP contribution in [0.3, 0.4) is 0 Å². The molecule has 10 heteroatoms. The van der Waals surface area contributed by atoms with Gasteiger partial charge in [-0.2, -0.15) is 10.8 Å². The molecule has 3 N–H and O–H groups in total. The highest BCUT2D eigenvalue weighted by Gasteiger charge is 2.48. The monoisotopic (exact) mass is 526 g/mol. The van der Waals surface area contributed by atoms with E-state index in [1.807, 2.05) is 17.0 Å². The minimum absolute atomic E-state index is 0.0172. The number of aromatic nitrogens is 1. The molecule has 9 nitrogen and oxygen atoms in total. The zero-order valence-electron chi connectivity index (χ0n) is 21.4. The first-order valence-electron chi connectivity index (χ1n) is 13.5. The van der Waals surface area contributed by atoms with Crippen LogP contribution in [0.4, 0.5) is 10.2 Å². The van der Waals surface area contributed by atoms with E-state index >= 15 is 4.39 Å². The van der Waals surface area contributed by atoms with E-state index in [4.69, 9.17) is 10.8 Å². The second-order valence-corrected chi connectivity index (χ2v) is 11.0. The average molecular weight is 527 g/mol. The van der Waals surface area contributed by atoms with Crippen molar-refractivity contribution in [2.75, 3.05) is 11.9 Å². The normalized spacial score (nSPS) is 27.5. The molecule has 0 spiro atoms. The molecular weight excluding hydrogens is 497 g/mol. The van der Waals surface area contributed by atoms with E-state index in [0.29, 0.717) is 47.8 Å². The van der Waals surface area contributed by atoms with E-state index in [1.165, 1.54) is 12.1 Å². The SMILES string of the molecule is N[N+]12C=CN=CC1=C([C@@H]1CC[C@H]3CCC(=O)N3C1)N=C2c1ccc(C(=O)Nc2cc(C3CC3)ccn2)c(F)c1. The summed E-state index contributed by atoms with van der Waals surface area (Å²) < 4.78 is 15.1. The molecule has 1 aliphatic carbocycles. The van der Waals surface area contributed by atoms with Gasteiger partial charge in [-0.05, 0) is 73.9 Å². The molecule has 1 saturated carbocycles. The largest absolute Gasteiger partial charge is 0.339 e. The summed E-state index contributed by atoms with van der Waals surface area (Å²) in [6.07, 6.45) is 12.3. The van der Waals surface area contributed by atoms with Gasteiger partial charge in [0.25, 0.3) is 11.7 Å². The predicted molar refractivity (Wildman–Crippen MR) is 144 cm³/mol. The maximum atomic E-state index is 15.4.